The third-order valence-corrected chi connectivity index (χ3v) is 4.29. The topological polar surface area (TPSA) is 67.4 Å². The van der Waals surface area contributed by atoms with Gasteiger partial charge in [-0.25, -0.2) is 0 Å². The minimum Gasteiger partial charge on any atom is -0.495 e. The van der Waals surface area contributed by atoms with E-state index in [4.69, 9.17) is 4.74 Å². The molecular formula is C23H22N2O3. The molecule has 28 heavy (non-hydrogen) atoms. The van der Waals surface area contributed by atoms with Gasteiger partial charge >= 0.3 is 0 Å². The van der Waals surface area contributed by atoms with Gasteiger partial charge in [-0.15, -0.1) is 0 Å². The fourth-order valence-electron chi connectivity index (χ4n) is 2.82. The molecule has 0 radical (unpaired) electrons. The lowest BCUT2D eigenvalue weighted by molar-refractivity contribution is -0.115. The molecule has 0 saturated carbocycles. The molecule has 0 aliphatic carbocycles. The number of hydrogen-bond donors (Lipinski definition) is 2. The zero-order valence-corrected chi connectivity index (χ0v) is 15.9. The second-order valence-electron chi connectivity index (χ2n) is 6.38. The van der Waals surface area contributed by atoms with Crippen LogP contribution in [0.5, 0.6) is 5.75 Å². The fraction of sp³-hybridized carbons (Fsp3) is 0.130. The highest BCUT2D eigenvalue weighted by atomic mass is 16.5. The summed E-state index contributed by atoms with van der Waals surface area (Å²) in [5.41, 5.74) is 4.19. The Hall–Kier alpha value is -3.60. The van der Waals surface area contributed by atoms with Gasteiger partial charge in [-0.05, 0) is 47.9 Å². The van der Waals surface area contributed by atoms with Crippen molar-refractivity contribution in [2.75, 3.05) is 19.0 Å². The van der Waals surface area contributed by atoms with Gasteiger partial charge in [-0.2, -0.15) is 0 Å². The van der Waals surface area contributed by atoms with Crippen LogP contribution in [-0.4, -0.2) is 25.5 Å². The molecular weight excluding hydrogens is 352 g/mol. The molecule has 0 bridgehead atoms. The van der Waals surface area contributed by atoms with Gasteiger partial charge in [-0.3, -0.25) is 9.59 Å². The molecule has 3 aromatic carbocycles. The van der Waals surface area contributed by atoms with Crippen molar-refractivity contribution >= 4 is 17.5 Å². The first-order valence-corrected chi connectivity index (χ1v) is 8.95. The Bertz CT molecular complexity index is 967. The van der Waals surface area contributed by atoms with Crippen molar-refractivity contribution in [2.24, 2.45) is 0 Å². The van der Waals surface area contributed by atoms with E-state index >= 15 is 0 Å². The maximum atomic E-state index is 12.3. The molecule has 0 aromatic heterocycles. The Morgan fingerprint density at radius 3 is 2.25 bits per heavy atom. The van der Waals surface area contributed by atoms with Crippen molar-refractivity contribution in [1.29, 1.82) is 0 Å². The van der Waals surface area contributed by atoms with Crippen LogP contribution in [0.2, 0.25) is 0 Å². The van der Waals surface area contributed by atoms with Crippen LogP contribution < -0.4 is 15.4 Å². The van der Waals surface area contributed by atoms with Gasteiger partial charge in [0.15, 0.2) is 0 Å². The Balaban J connectivity index is 1.58. The smallest absolute Gasteiger partial charge is 0.251 e. The minimum atomic E-state index is -0.321. The number of aryl methyl sites for hydroxylation is 1. The van der Waals surface area contributed by atoms with Crippen LogP contribution >= 0.6 is 0 Å². The monoisotopic (exact) mass is 374 g/mol. The molecule has 0 spiro atoms. The molecule has 3 rings (SSSR count). The molecule has 0 aliphatic rings. The lowest BCUT2D eigenvalue weighted by Gasteiger charge is -2.11. The summed E-state index contributed by atoms with van der Waals surface area (Å²) in [7, 11) is 1.54. The van der Waals surface area contributed by atoms with E-state index < -0.39 is 0 Å². The number of amides is 2. The molecule has 3 aromatic rings. The highest BCUT2D eigenvalue weighted by Gasteiger charge is 2.11. The van der Waals surface area contributed by atoms with Crippen LogP contribution in [-0.2, 0) is 4.79 Å². The predicted molar refractivity (Wildman–Crippen MR) is 111 cm³/mol. The van der Waals surface area contributed by atoms with Gasteiger partial charge in [0.2, 0.25) is 5.91 Å². The van der Waals surface area contributed by atoms with Crippen molar-refractivity contribution in [3.8, 4) is 16.9 Å². The molecule has 0 unspecified atom stereocenters. The summed E-state index contributed by atoms with van der Waals surface area (Å²) in [6.45, 7) is 1.80. The largest absolute Gasteiger partial charge is 0.495 e. The van der Waals surface area contributed by atoms with Crippen LogP contribution in [0.1, 0.15) is 15.9 Å². The lowest BCUT2D eigenvalue weighted by atomic mass is 10.0. The highest BCUT2D eigenvalue weighted by molar-refractivity contribution is 6.00. The summed E-state index contributed by atoms with van der Waals surface area (Å²) in [4.78, 5) is 24.5. The normalized spacial score (nSPS) is 10.2. The van der Waals surface area contributed by atoms with E-state index in [0.29, 0.717) is 17.0 Å². The van der Waals surface area contributed by atoms with Gasteiger partial charge in [0.25, 0.3) is 5.91 Å². The molecule has 0 heterocycles. The number of nitrogens with one attached hydrogen (secondary N) is 2. The van der Waals surface area contributed by atoms with Crippen molar-refractivity contribution in [3.05, 3.63) is 83.9 Å². The van der Waals surface area contributed by atoms with E-state index in [1.54, 1.807) is 25.3 Å². The lowest BCUT2D eigenvalue weighted by Crippen LogP contribution is -2.32. The van der Waals surface area contributed by atoms with Gasteiger partial charge < -0.3 is 15.4 Å². The first-order valence-electron chi connectivity index (χ1n) is 8.95. The third-order valence-electron chi connectivity index (χ3n) is 4.29. The second kappa shape index (κ2) is 8.86. The predicted octanol–water partition coefficient (Wildman–Crippen LogP) is 4.04. The van der Waals surface area contributed by atoms with Gasteiger partial charge in [0.1, 0.15) is 5.75 Å². The molecule has 2 N–H and O–H groups in total. The Kier molecular flexibility index (Phi) is 6.07. The maximum absolute atomic E-state index is 12.3. The van der Waals surface area contributed by atoms with Crippen molar-refractivity contribution in [3.63, 3.8) is 0 Å². The Morgan fingerprint density at radius 1 is 0.893 bits per heavy atom. The van der Waals surface area contributed by atoms with Gasteiger partial charge in [0, 0.05) is 5.56 Å². The Morgan fingerprint density at radius 2 is 1.57 bits per heavy atom. The van der Waals surface area contributed by atoms with Crippen LogP contribution in [0, 0.1) is 6.92 Å². The van der Waals surface area contributed by atoms with Crippen LogP contribution in [0.15, 0.2) is 72.8 Å². The molecule has 5 nitrogen and oxygen atoms in total. The Labute approximate surface area is 164 Å². The number of carbonyl (C=O) groups excluding carboxylic acids is 2. The van der Waals surface area contributed by atoms with Crippen LogP contribution in [0.25, 0.3) is 11.1 Å². The number of rotatable bonds is 6. The van der Waals surface area contributed by atoms with E-state index in [9.17, 15) is 9.59 Å². The summed E-state index contributed by atoms with van der Waals surface area (Å²) < 4.78 is 5.24. The molecule has 0 saturated heterocycles. The van der Waals surface area contributed by atoms with Crippen molar-refractivity contribution in [1.82, 2.24) is 5.32 Å². The van der Waals surface area contributed by atoms with Crippen LogP contribution in [0.4, 0.5) is 5.69 Å². The van der Waals surface area contributed by atoms with E-state index in [2.05, 4.69) is 10.6 Å². The first kappa shape index (κ1) is 19.2. The average molecular weight is 374 g/mol. The quantitative estimate of drug-likeness (QED) is 0.684. The van der Waals surface area contributed by atoms with E-state index in [1.165, 1.54) is 0 Å². The maximum Gasteiger partial charge on any atom is 0.251 e. The molecule has 0 aliphatic heterocycles. The van der Waals surface area contributed by atoms with Gasteiger partial charge in [-0.1, -0.05) is 48.5 Å². The number of hydrogen-bond acceptors (Lipinski definition) is 3. The SMILES string of the molecule is COc1ccc(C)cc1NC(=O)CNC(=O)c1ccc(-c2ccccc2)cc1. The van der Waals surface area contributed by atoms with E-state index in [1.807, 2.05) is 61.5 Å². The highest BCUT2D eigenvalue weighted by Crippen LogP contribution is 2.25. The second-order valence-corrected chi connectivity index (χ2v) is 6.38. The standard InChI is InChI=1S/C23H22N2O3/c1-16-8-13-21(28-2)20(14-16)25-22(26)15-24-23(27)19-11-9-18(10-12-19)17-6-4-3-5-7-17/h3-14H,15H2,1-2H3,(H,24,27)(H,25,26). The first-order chi connectivity index (χ1) is 13.6. The summed E-state index contributed by atoms with van der Waals surface area (Å²) in [5.74, 6) is -0.0501. The number of methoxy groups -OCH3 is 1. The van der Waals surface area contributed by atoms with Crippen molar-refractivity contribution < 1.29 is 14.3 Å². The van der Waals surface area contributed by atoms with E-state index in [0.717, 1.165) is 16.7 Å². The summed E-state index contributed by atoms with van der Waals surface area (Å²) in [6, 6.07) is 22.7. The van der Waals surface area contributed by atoms with Crippen LogP contribution in [0.3, 0.4) is 0 Å². The zero-order valence-electron chi connectivity index (χ0n) is 15.9. The van der Waals surface area contributed by atoms with Gasteiger partial charge in [0.05, 0.1) is 19.3 Å². The zero-order chi connectivity index (χ0) is 19.9. The molecule has 2 amide bonds. The summed E-state index contributed by atoms with van der Waals surface area (Å²) >= 11 is 0. The molecule has 0 atom stereocenters. The minimum absolute atomic E-state index is 0.129. The summed E-state index contributed by atoms with van der Waals surface area (Å²) in [6.07, 6.45) is 0. The van der Waals surface area contributed by atoms with E-state index in [-0.39, 0.29) is 18.4 Å². The molecule has 5 heteroatoms. The number of carbonyl (C=O) groups is 2. The number of anilines is 1. The van der Waals surface area contributed by atoms with Crippen molar-refractivity contribution in [2.45, 2.75) is 6.92 Å². The third kappa shape index (κ3) is 4.76. The summed E-state index contributed by atoms with van der Waals surface area (Å²) in [5, 5.41) is 5.40. The number of ether oxygens (including phenoxy) is 1. The number of benzene rings is 3. The average Bonchev–Trinajstić information content (AvgIpc) is 2.73. The molecule has 0 fully saturated rings. The molecule has 142 valence electrons. The fourth-order valence-corrected chi connectivity index (χ4v) is 2.82.